The molecule has 1 unspecified atom stereocenters. The number of hydrogen-bond donors (Lipinski definition) is 2. The van der Waals surface area contributed by atoms with Crippen LogP contribution in [-0.2, 0) is 6.42 Å². The van der Waals surface area contributed by atoms with Crippen LogP contribution in [0.4, 0.5) is 17.6 Å². The molecule has 2 nitrogen and oxygen atoms in total. The summed E-state index contributed by atoms with van der Waals surface area (Å²) in [6.45, 7) is 0. The number of nitrogens with two attached hydrogens (primary N) is 1. The zero-order valence-electron chi connectivity index (χ0n) is 7.55. The van der Waals surface area contributed by atoms with E-state index in [0.717, 1.165) is 18.2 Å². The second-order valence-electron chi connectivity index (χ2n) is 3.17. The second-order valence-corrected chi connectivity index (χ2v) is 3.17. The molecule has 0 radical (unpaired) electrons. The summed E-state index contributed by atoms with van der Waals surface area (Å²) in [4.78, 5) is 0. The number of rotatable bonds is 2. The van der Waals surface area contributed by atoms with E-state index in [1.165, 1.54) is 0 Å². The molecule has 1 aromatic rings. The maximum absolute atomic E-state index is 12.7. The van der Waals surface area contributed by atoms with Crippen molar-refractivity contribution < 1.29 is 22.7 Å². The zero-order chi connectivity index (χ0) is 11.6. The molecule has 0 fully saturated rings. The summed E-state index contributed by atoms with van der Waals surface area (Å²) in [5.74, 6) is -1.21. The molecule has 0 amide bonds. The monoisotopic (exact) mass is 223 g/mol. The SMILES string of the molecule is NC(Cc1cc(O)cc(F)c1)C(F)(F)F. The summed E-state index contributed by atoms with van der Waals surface area (Å²) in [6, 6.07) is 0.710. The molecular formula is C9H9F4NO. The van der Waals surface area contributed by atoms with E-state index in [-0.39, 0.29) is 5.56 Å². The first-order valence-corrected chi connectivity index (χ1v) is 4.10. The lowest BCUT2D eigenvalue weighted by molar-refractivity contribution is -0.147. The highest BCUT2D eigenvalue weighted by molar-refractivity contribution is 5.29. The third-order valence-electron chi connectivity index (χ3n) is 1.82. The molecule has 0 saturated carbocycles. The Labute approximate surface area is 83.3 Å². The van der Waals surface area contributed by atoms with Crippen LogP contribution in [0.15, 0.2) is 18.2 Å². The molecule has 84 valence electrons. The van der Waals surface area contributed by atoms with Crippen molar-refractivity contribution in [2.75, 3.05) is 0 Å². The quantitative estimate of drug-likeness (QED) is 0.753. The molecule has 1 atom stereocenters. The Morgan fingerprint density at radius 1 is 1.27 bits per heavy atom. The highest BCUT2D eigenvalue weighted by Crippen LogP contribution is 2.23. The molecule has 1 rings (SSSR count). The molecule has 0 aliphatic heterocycles. The van der Waals surface area contributed by atoms with Gasteiger partial charge in [-0.1, -0.05) is 0 Å². The van der Waals surface area contributed by atoms with Crippen LogP contribution in [0, 0.1) is 5.82 Å². The summed E-state index contributed by atoms with van der Waals surface area (Å²) in [5, 5.41) is 8.95. The number of hydrogen-bond acceptors (Lipinski definition) is 2. The number of phenolic OH excluding ortho intramolecular Hbond substituents is 1. The van der Waals surface area contributed by atoms with Crippen LogP contribution in [-0.4, -0.2) is 17.3 Å². The van der Waals surface area contributed by atoms with Crippen LogP contribution in [0.1, 0.15) is 5.56 Å². The molecule has 0 bridgehead atoms. The Kier molecular flexibility index (Phi) is 3.18. The van der Waals surface area contributed by atoms with Crippen LogP contribution >= 0.6 is 0 Å². The smallest absolute Gasteiger partial charge is 0.403 e. The van der Waals surface area contributed by atoms with Gasteiger partial charge in [0.2, 0.25) is 0 Å². The first-order chi connectivity index (χ1) is 6.79. The van der Waals surface area contributed by atoms with E-state index in [9.17, 15) is 17.6 Å². The van der Waals surface area contributed by atoms with Crippen LogP contribution < -0.4 is 5.73 Å². The Morgan fingerprint density at radius 2 is 1.87 bits per heavy atom. The molecule has 1 aromatic carbocycles. The first kappa shape index (κ1) is 11.8. The predicted octanol–water partition coefficient (Wildman–Crippen LogP) is 1.96. The summed E-state index contributed by atoms with van der Waals surface area (Å²) >= 11 is 0. The lowest BCUT2D eigenvalue weighted by atomic mass is 10.1. The lowest BCUT2D eigenvalue weighted by Crippen LogP contribution is -2.39. The average Bonchev–Trinajstić information content (AvgIpc) is 1.99. The number of aromatic hydroxyl groups is 1. The highest BCUT2D eigenvalue weighted by atomic mass is 19.4. The average molecular weight is 223 g/mol. The fourth-order valence-electron chi connectivity index (χ4n) is 1.12. The van der Waals surface area contributed by atoms with Gasteiger partial charge in [-0.2, -0.15) is 13.2 Å². The van der Waals surface area contributed by atoms with Crippen molar-refractivity contribution in [3.05, 3.63) is 29.6 Å². The van der Waals surface area contributed by atoms with Gasteiger partial charge in [0.25, 0.3) is 0 Å². The van der Waals surface area contributed by atoms with Gasteiger partial charge in [0.15, 0.2) is 0 Å². The topological polar surface area (TPSA) is 46.2 Å². The highest BCUT2D eigenvalue weighted by Gasteiger charge is 2.36. The standard InChI is InChI=1S/C9H9F4NO/c10-6-1-5(2-7(15)4-6)3-8(14)9(11,12)13/h1-2,4,8,15H,3,14H2. The van der Waals surface area contributed by atoms with Crippen LogP contribution in [0.5, 0.6) is 5.75 Å². The van der Waals surface area contributed by atoms with Gasteiger partial charge in [-0.05, 0) is 24.1 Å². The minimum atomic E-state index is -4.53. The number of benzene rings is 1. The summed E-state index contributed by atoms with van der Waals surface area (Å²) in [7, 11) is 0. The van der Waals surface area contributed by atoms with Crippen molar-refractivity contribution in [2.45, 2.75) is 18.6 Å². The minimum Gasteiger partial charge on any atom is -0.508 e. The van der Waals surface area contributed by atoms with E-state index >= 15 is 0 Å². The van der Waals surface area contributed by atoms with Crippen LogP contribution in [0.3, 0.4) is 0 Å². The van der Waals surface area contributed by atoms with Crippen LogP contribution in [0.2, 0.25) is 0 Å². The van der Waals surface area contributed by atoms with E-state index < -0.39 is 30.2 Å². The van der Waals surface area contributed by atoms with E-state index in [0.29, 0.717) is 0 Å². The van der Waals surface area contributed by atoms with Gasteiger partial charge < -0.3 is 10.8 Å². The van der Waals surface area contributed by atoms with Gasteiger partial charge in [0, 0.05) is 6.07 Å². The zero-order valence-corrected chi connectivity index (χ0v) is 7.55. The first-order valence-electron chi connectivity index (χ1n) is 4.10. The largest absolute Gasteiger partial charge is 0.508 e. The molecule has 0 heterocycles. The Bertz CT molecular complexity index is 330. The van der Waals surface area contributed by atoms with Crippen molar-refractivity contribution >= 4 is 0 Å². The third-order valence-corrected chi connectivity index (χ3v) is 1.82. The van der Waals surface area contributed by atoms with Gasteiger partial charge in [0.05, 0.1) is 0 Å². The van der Waals surface area contributed by atoms with E-state index in [1.807, 2.05) is 0 Å². The van der Waals surface area contributed by atoms with Gasteiger partial charge >= 0.3 is 6.18 Å². The summed E-state index contributed by atoms with van der Waals surface area (Å²) in [6.07, 6.45) is -5.09. The Hall–Kier alpha value is -1.30. The van der Waals surface area contributed by atoms with Crippen molar-refractivity contribution in [1.29, 1.82) is 0 Å². The fraction of sp³-hybridized carbons (Fsp3) is 0.333. The summed E-state index contributed by atoms with van der Waals surface area (Å²) < 4.78 is 48.9. The molecule has 0 aromatic heterocycles. The van der Waals surface area contributed by atoms with Gasteiger partial charge in [-0.25, -0.2) is 4.39 Å². The predicted molar refractivity (Wildman–Crippen MR) is 45.8 cm³/mol. The number of phenols is 1. The Morgan fingerprint density at radius 3 is 2.33 bits per heavy atom. The minimum absolute atomic E-state index is 0.0114. The van der Waals surface area contributed by atoms with Crippen molar-refractivity contribution in [2.24, 2.45) is 5.73 Å². The van der Waals surface area contributed by atoms with Crippen LogP contribution in [0.25, 0.3) is 0 Å². The Balaban J connectivity index is 2.81. The van der Waals surface area contributed by atoms with E-state index in [4.69, 9.17) is 10.8 Å². The maximum Gasteiger partial charge on any atom is 0.403 e. The normalized spacial score (nSPS) is 13.9. The number of halogens is 4. The van der Waals surface area contributed by atoms with Crippen molar-refractivity contribution in [1.82, 2.24) is 0 Å². The molecule has 0 aliphatic rings. The molecule has 0 spiro atoms. The molecule has 0 aliphatic carbocycles. The van der Waals surface area contributed by atoms with Crippen molar-refractivity contribution in [3.8, 4) is 5.75 Å². The maximum atomic E-state index is 12.7. The molecule has 15 heavy (non-hydrogen) atoms. The summed E-state index contributed by atoms with van der Waals surface area (Å²) in [5.41, 5.74) is 4.87. The number of alkyl halides is 3. The van der Waals surface area contributed by atoms with Gasteiger partial charge in [-0.15, -0.1) is 0 Å². The van der Waals surface area contributed by atoms with E-state index in [1.54, 1.807) is 0 Å². The second kappa shape index (κ2) is 4.06. The molecule has 6 heteroatoms. The van der Waals surface area contributed by atoms with Gasteiger partial charge in [-0.3, -0.25) is 0 Å². The van der Waals surface area contributed by atoms with Gasteiger partial charge in [0.1, 0.15) is 17.6 Å². The lowest BCUT2D eigenvalue weighted by Gasteiger charge is -2.15. The van der Waals surface area contributed by atoms with Crippen molar-refractivity contribution in [3.63, 3.8) is 0 Å². The fourth-order valence-corrected chi connectivity index (χ4v) is 1.12. The third kappa shape index (κ3) is 3.39. The molecular weight excluding hydrogens is 214 g/mol. The molecule has 0 saturated heterocycles. The van der Waals surface area contributed by atoms with E-state index in [2.05, 4.69) is 0 Å². The molecule has 3 N–H and O–H groups in total.